The maximum Gasteiger partial charge on any atom is 0.159 e. The number of pyridine rings is 1. The minimum atomic E-state index is 0.0523. The summed E-state index contributed by atoms with van der Waals surface area (Å²) in [5, 5.41) is 1.46. The van der Waals surface area contributed by atoms with Crippen LogP contribution >= 0.6 is 11.6 Å². The number of hydrogen-bond acceptors (Lipinski definition) is 2. The van der Waals surface area contributed by atoms with E-state index in [-0.39, 0.29) is 5.78 Å². The molecule has 0 aliphatic heterocycles. The Morgan fingerprint density at radius 1 is 1.10 bits per heavy atom. The maximum absolute atomic E-state index is 11.5. The van der Waals surface area contributed by atoms with Gasteiger partial charge in [-0.2, -0.15) is 0 Å². The Labute approximate surface area is 128 Å². The molecule has 2 aromatic carbocycles. The van der Waals surface area contributed by atoms with E-state index in [1.54, 1.807) is 13.0 Å². The Morgan fingerprint density at radius 3 is 2.57 bits per heavy atom. The summed E-state index contributed by atoms with van der Waals surface area (Å²) in [4.78, 5) is 15.9. The van der Waals surface area contributed by atoms with Crippen molar-refractivity contribution in [3.63, 3.8) is 0 Å². The summed E-state index contributed by atoms with van der Waals surface area (Å²) >= 11 is 6.28. The molecule has 21 heavy (non-hydrogen) atoms. The smallest absolute Gasteiger partial charge is 0.159 e. The van der Waals surface area contributed by atoms with Gasteiger partial charge in [-0.1, -0.05) is 41.9 Å². The zero-order chi connectivity index (χ0) is 14.8. The first-order valence-electron chi connectivity index (χ1n) is 6.77. The minimum Gasteiger partial charge on any atom is -0.295 e. The zero-order valence-corrected chi connectivity index (χ0v) is 12.4. The molecular formula is C18H14ClNO. The Hall–Kier alpha value is -2.19. The number of carbonyl (C=O) groups excluding carboxylic acids is 1. The summed E-state index contributed by atoms with van der Waals surface area (Å²) in [6.07, 6.45) is 0.729. The van der Waals surface area contributed by atoms with Crippen LogP contribution in [0.15, 0.2) is 54.6 Å². The summed E-state index contributed by atoms with van der Waals surface area (Å²) in [5.74, 6) is 0.0523. The largest absolute Gasteiger partial charge is 0.295 e. The molecule has 0 radical (unpaired) electrons. The van der Waals surface area contributed by atoms with E-state index in [4.69, 9.17) is 11.6 Å². The number of Topliss-reactive ketones (excluding diaryl/α,β-unsaturated/α-hetero) is 1. The van der Waals surface area contributed by atoms with E-state index >= 15 is 0 Å². The van der Waals surface area contributed by atoms with E-state index in [0.717, 1.165) is 22.9 Å². The predicted molar refractivity (Wildman–Crippen MR) is 86.0 cm³/mol. The van der Waals surface area contributed by atoms with E-state index in [1.165, 1.54) is 5.56 Å². The summed E-state index contributed by atoms with van der Waals surface area (Å²) in [6, 6.07) is 17.6. The molecule has 104 valence electrons. The molecule has 0 amide bonds. The lowest BCUT2D eigenvalue weighted by atomic mass is 10.0. The number of hydrogen-bond donors (Lipinski definition) is 0. The van der Waals surface area contributed by atoms with Crippen molar-refractivity contribution in [1.29, 1.82) is 0 Å². The highest BCUT2D eigenvalue weighted by atomic mass is 35.5. The van der Waals surface area contributed by atoms with Crippen LogP contribution in [0.2, 0.25) is 5.15 Å². The third-order valence-electron chi connectivity index (χ3n) is 3.48. The molecule has 0 fully saturated rings. The predicted octanol–water partition coefficient (Wildman–Crippen LogP) is 4.68. The SMILES string of the molecule is CC(=O)c1ccc2nc(Cl)c(Cc3ccccc3)cc2c1. The molecule has 0 N–H and O–H groups in total. The maximum atomic E-state index is 11.5. The molecule has 3 heteroatoms. The van der Waals surface area contributed by atoms with Gasteiger partial charge in [0.15, 0.2) is 5.78 Å². The fourth-order valence-corrected chi connectivity index (χ4v) is 2.57. The third-order valence-corrected chi connectivity index (χ3v) is 3.81. The number of ketones is 1. The summed E-state index contributed by atoms with van der Waals surface area (Å²) in [7, 11) is 0. The average Bonchev–Trinajstić information content (AvgIpc) is 2.48. The number of benzene rings is 2. The lowest BCUT2D eigenvalue weighted by molar-refractivity contribution is 0.101. The van der Waals surface area contributed by atoms with Gasteiger partial charge in [-0.3, -0.25) is 4.79 Å². The van der Waals surface area contributed by atoms with Gasteiger partial charge in [-0.05, 0) is 42.3 Å². The van der Waals surface area contributed by atoms with Gasteiger partial charge in [-0.15, -0.1) is 0 Å². The van der Waals surface area contributed by atoms with Crippen LogP contribution in [-0.2, 0) is 6.42 Å². The molecule has 1 aromatic heterocycles. The van der Waals surface area contributed by atoms with E-state index in [1.807, 2.05) is 36.4 Å². The van der Waals surface area contributed by atoms with Crippen molar-refractivity contribution < 1.29 is 4.79 Å². The van der Waals surface area contributed by atoms with Crippen LogP contribution in [0.1, 0.15) is 28.4 Å². The van der Waals surface area contributed by atoms with Crippen LogP contribution in [-0.4, -0.2) is 10.8 Å². The number of carbonyl (C=O) groups is 1. The van der Waals surface area contributed by atoms with Gasteiger partial charge in [0, 0.05) is 17.4 Å². The molecule has 0 spiro atoms. The molecule has 0 aliphatic carbocycles. The van der Waals surface area contributed by atoms with Crippen LogP contribution < -0.4 is 0 Å². The van der Waals surface area contributed by atoms with Gasteiger partial charge in [-0.25, -0.2) is 4.98 Å². The second-order valence-electron chi connectivity index (χ2n) is 5.06. The van der Waals surface area contributed by atoms with Gasteiger partial charge < -0.3 is 0 Å². The van der Waals surface area contributed by atoms with Crippen LogP contribution in [0.5, 0.6) is 0 Å². The first kappa shape index (κ1) is 13.8. The first-order valence-corrected chi connectivity index (χ1v) is 7.15. The van der Waals surface area contributed by atoms with Gasteiger partial charge >= 0.3 is 0 Å². The number of nitrogens with zero attached hydrogens (tertiary/aromatic N) is 1. The molecule has 3 rings (SSSR count). The molecule has 0 atom stereocenters. The lowest BCUT2D eigenvalue weighted by Crippen LogP contribution is -1.95. The molecular weight excluding hydrogens is 282 g/mol. The van der Waals surface area contributed by atoms with Crippen molar-refractivity contribution in [2.45, 2.75) is 13.3 Å². The van der Waals surface area contributed by atoms with Gasteiger partial charge in [0.05, 0.1) is 5.52 Å². The zero-order valence-electron chi connectivity index (χ0n) is 11.6. The van der Waals surface area contributed by atoms with Crippen molar-refractivity contribution >= 4 is 28.3 Å². The molecule has 0 saturated carbocycles. The monoisotopic (exact) mass is 295 g/mol. The van der Waals surface area contributed by atoms with Gasteiger partial charge in [0.25, 0.3) is 0 Å². The third kappa shape index (κ3) is 2.96. The van der Waals surface area contributed by atoms with Crippen molar-refractivity contribution in [3.05, 3.63) is 76.4 Å². The van der Waals surface area contributed by atoms with Crippen LogP contribution in [0.25, 0.3) is 10.9 Å². The van der Waals surface area contributed by atoms with E-state index in [0.29, 0.717) is 10.7 Å². The quantitative estimate of drug-likeness (QED) is 0.518. The molecule has 1 heterocycles. The van der Waals surface area contributed by atoms with Gasteiger partial charge in [0.2, 0.25) is 0 Å². The summed E-state index contributed by atoms with van der Waals surface area (Å²) in [6.45, 7) is 1.56. The Morgan fingerprint density at radius 2 is 1.86 bits per heavy atom. The van der Waals surface area contributed by atoms with Crippen LogP contribution in [0.4, 0.5) is 0 Å². The highest BCUT2D eigenvalue weighted by molar-refractivity contribution is 6.30. The number of aromatic nitrogens is 1. The van der Waals surface area contributed by atoms with Crippen molar-refractivity contribution in [1.82, 2.24) is 4.98 Å². The molecule has 0 unspecified atom stereocenters. The Balaban J connectivity index is 2.06. The molecule has 3 aromatic rings. The average molecular weight is 296 g/mol. The standard InChI is InChI=1S/C18H14ClNO/c1-12(21)14-7-8-17-15(10-14)11-16(18(19)20-17)9-13-5-3-2-4-6-13/h2-8,10-11H,9H2,1H3. The topological polar surface area (TPSA) is 30.0 Å². The molecule has 0 aliphatic rings. The van der Waals surface area contributed by atoms with Crippen molar-refractivity contribution in [3.8, 4) is 0 Å². The summed E-state index contributed by atoms with van der Waals surface area (Å²) < 4.78 is 0. The fraction of sp³-hybridized carbons (Fsp3) is 0.111. The fourth-order valence-electron chi connectivity index (χ4n) is 2.36. The lowest BCUT2D eigenvalue weighted by Gasteiger charge is -2.07. The minimum absolute atomic E-state index is 0.0523. The second kappa shape index (κ2) is 5.66. The van der Waals surface area contributed by atoms with Crippen molar-refractivity contribution in [2.24, 2.45) is 0 Å². The number of rotatable bonds is 3. The number of fused-ring (bicyclic) bond motifs is 1. The van der Waals surface area contributed by atoms with Crippen molar-refractivity contribution in [2.75, 3.05) is 0 Å². The Kier molecular flexibility index (Phi) is 3.72. The van der Waals surface area contributed by atoms with Crippen LogP contribution in [0, 0.1) is 0 Å². The van der Waals surface area contributed by atoms with Gasteiger partial charge in [0.1, 0.15) is 5.15 Å². The summed E-state index contributed by atoms with van der Waals surface area (Å²) in [5.41, 5.74) is 3.65. The normalized spacial score (nSPS) is 10.8. The first-order chi connectivity index (χ1) is 10.1. The second-order valence-corrected chi connectivity index (χ2v) is 5.42. The Bertz CT molecular complexity index is 812. The highest BCUT2D eigenvalue weighted by Crippen LogP contribution is 2.24. The highest BCUT2D eigenvalue weighted by Gasteiger charge is 2.08. The molecule has 0 bridgehead atoms. The van der Waals surface area contributed by atoms with E-state index in [9.17, 15) is 4.79 Å². The molecule has 0 saturated heterocycles. The van der Waals surface area contributed by atoms with E-state index < -0.39 is 0 Å². The number of halogens is 1. The van der Waals surface area contributed by atoms with Crippen LogP contribution in [0.3, 0.4) is 0 Å². The van der Waals surface area contributed by atoms with E-state index in [2.05, 4.69) is 17.1 Å². The molecule has 2 nitrogen and oxygen atoms in total.